The summed E-state index contributed by atoms with van der Waals surface area (Å²) in [5.74, 6) is -1.18. The van der Waals surface area contributed by atoms with Crippen molar-refractivity contribution in [3.05, 3.63) is 64.7 Å². The van der Waals surface area contributed by atoms with Gasteiger partial charge in [0.25, 0.3) is 5.91 Å². The summed E-state index contributed by atoms with van der Waals surface area (Å²) in [6.07, 6.45) is 0. The summed E-state index contributed by atoms with van der Waals surface area (Å²) < 4.78 is 5.02. The van der Waals surface area contributed by atoms with Crippen LogP contribution in [0.25, 0.3) is 0 Å². The lowest BCUT2D eigenvalue weighted by atomic mass is 10.1. The molecule has 2 aromatic rings. The molecule has 0 spiro atoms. The summed E-state index contributed by atoms with van der Waals surface area (Å²) in [6, 6.07) is 12.4. The van der Waals surface area contributed by atoms with Crippen LogP contribution in [0.4, 0.5) is 0 Å². The van der Waals surface area contributed by atoms with Gasteiger partial charge in [0.1, 0.15) is 11.3 Å². The highest BCUT2D eigenvalue weighted by Gasteiger charge is 2.17. The monoisotopic (exact) mass is 327 g/mol. The first-order valence-corrected chi connectivity index (χ1v) is 7.63. The minimum absolute atomic E-state index is 0.0596. The Labute approximate surface area is 141 Å². The van der Waals surface area contributed by atoms with E-state index >= 15 is 0 Å². The van der Waals surface area contributed by atoms with Crippen LogP contribution in [0.3, 0.4) is 0 Å². The minimum atomic E-state index is -0.714. The number of nitrogens with zero attached hydrogens (tertiary/aromatic N) is 1. The zero-order chi connectivity index (χ0) is 17.7. The fourth-order valence-electron chi connectivity index (χ4n) is 2.26. The molecule has 0 bridgehead atoms. The van der Waals surface area contributed by atoms with Crippen molar-refractivity contribution >= 4 is 11.9 Å². The SMILES string of the molecule is Cc1ccc(O)c(C(=O)OCC(=O)N(C)Cc2ccccc2C)c1. The number of aromatic hydroxyl groups is 1. The van der Waals surface area contributed by atoms with Crippen LogP contribution < -0.4 is 0 Å². The van der Waals surface area contributed by atoms with Crippen LogP contribution in [-0.2, 0) is 16.1 Å². The maximum Gasteiger partial charge on any atom is 0.342 e. The van der Waals surface area contributed by atoms with Crippen LogP contribution in [0.15, 0.2) is 42.5 Å². The van der Waals surface area contributed by atoms with Crippen molar-refractivity contribution in [2.75, 3.05) is 13.7 Å². The second kappa shape index (κ2) is 7.64. The van der Waals surface area contributed by atoms with Crippen LogP contribution in [0, 0.1) is 13.8 Å². The molecular weight excluding hydrogens is 306 g/mol. The van der Waals surface area contributed by atoms with E-state index in [0.717, 1.165) is 16.7 Å². The molecule has 2 aromatic carbocycles. The Hall–Kier alpha value is -2.82. The number of phenols is 1. The van der Waals surface area contributed by atoms with Gasteiger partial charge in [-0.2, -0.15) is 0 Å². The predicted molar refractivity (Wildman–Crippen MR) is 90.8 cm³/mol. The second-order valence-corrected chi connectivity index (χ2v) is 5.77. The Morgan fingerprint density at radius 2 is 1.83 bits per heavy atom. The molecule has 0 radical (unpaired) electrons. The van der Waals surface area contributed by atoms with E-state index in [1.807, 2.05) is 31.2 Å². The van der Waals surface area contributed by atoms with Crippen molar-refractivity contribution in [1.82, 2.24) is 4.90 Å². The largest absolute Gasteiger partial charge is 0.507 e. The highest BCUT2D eigenvalue weighted by atomic mass is 16.5. The van der Waals surface area contributed by atoms with E-state index in [1.54, 1.807) is 20.0 Å². The average Bonchev–Trinajstić information content (AvgIpc) is 2.56. The van der Waals surface area contributed by atoms with E-state index in [-0.39, 0.29) is 23.8 Å². The first-order chi connectivity index (χ1) is 11.4. The molecule has 1 amide bonds. The number of amides is 1. The minimum Gasteiger partial charge on any atom is -0.507 e. The normalized spacial score (nSPS) is 10.3. The number of hydrogen-bond donors (Lipinski definition) is 1. The smallest absolute Gasteiger partial charge is 0.342 e. The quantitative estimate of drug-likeness (QED) is 0.858. The van der Waals surface area contributed by atoms with Gasteiger partial charge in [-0.15, -0.1) is 0 Å². The molecule has 0 aliphatic rings. The van der Waals surface area contributed by atoms with Gasteiger partial charge in [-0.3, -0.25) is 4.79 Å². The number of esters is 1. The van der Waals surface area contributed by atoms with Crippen molar-refractivity contribution in [2.45, 2.75) is 20.4 Å². The van der Waals surface area contributed by atoms with Crippen LogP contribution >= 0.6 is 0 Å². The summed E-state index contributed by atoms with van der Waals surface area (Å²) >= 11 is 0. The molecule has 2 rings (SSSR count). The van der Waals surface area contributed by atoms with E-state index in [9.17, 15) is 14.7 Å². The summed E-state index contributed by atoms with van der Waals surface area (Å²) in [5, 5.41) is 9.71. The zero-order valence-corrected chi connectivity index (χ0v) is 14.1. The third-order valence-electron chi connectivity index (χ3n) is 3.79. The number of rotatable bonds is 5. The molecular formula is C19H21NO4. The van der Waals surface area contributed by atoms with E-state index < -0.39 is 5.97 Å². The van der Waals surface area contributed by atoms with Gasteiger partial charge in [0.2, 0.25) is 0 Å². The predicted octanol–water partition coefficient (Wildman–Crippen LogP) is 2.82. The lowest BCUT2D eigenvalue weighted by molar-refractivity contribution is -0.133. The molecule has 0 saturated heterocycles. The molecule has 0 atom stereocenters. The lowest BCUT2D eigenvalue weighted by Gasteiger charge is -2.18. The van der Waals surface area contributed by atoms with Crippen LogP contribution in [0.2, 0.25) is 0 Å². The van der Waals surface area contributed by atoms with Gasteiger partial charge in [0, 0.05) is 13.6 Å². The van der Waals surface area contributed by atoms with Crippen molar-refractivity contribution in [2.24, 2.45) is 0 Å². The third-order valence-corrected chi connectivity index (χ3v) is 3.79. The van der Waals surface area contributed by atoms with Gasteiger partial charge < -0.3 is 14.7 Å². The first-order valence-electron chi connectivity index (χ1n) is 7.63. The summed E-state index contributed by atoms with van der Waals surface area (Å²) in [7, 11) is 1.66. The molecule has 0 heterocycles. The van der Waals surface area contributed by atoms with Crippen LogP contribution in [0.5, 0.6) is 5.75 Å². The van der Waals surface area contributed by atoms with Gasteiger partial charge >= 0.3 is 5.97 Å². The summed E-state index contributed by atoms with van der Waals surface area (Å²) in [5.41, 5.74) is 3.02. The molecule has 0 fully saturated rings. The van der Waals surface area contributed by atoms with Gasteiger partial charge in [-0.05, 0) is 37.1 Å². The highest BCUT2D eigenvalue weighted by molar-refractivity contribution is 5.94. The van der Waals surface area contributed by atoms with Crippen molar-refractivity contribution < 1.29 is 19.4 Å². The Kier molecular flexibility index (Phi) is 5.58. The average molecular weight is 327 g/mol. The molecule has 0 aliphatic carbocycles. The lowest BCUT2D eigenvalue weighted by Crippen LogP contribution is -2.31. The Bertz CT molecular complexity index is 755. The van der Waals surface area contributed by atoms with Crippen LogP contribution in [0.1, 0.15) is 27.0 Å². The van der Waals surface area contributed by atoms with Gasteiger partial charge in [-0.1, -0.05) is 35.9 Å². The number of ether oxygens (including phenoxy) is 1. The first kappa shape index (κ1) is 17.5. The summed E-state index contributed by atoms with van der Waals surface area (Å²) in [4.78, 5) is 25.6. The van der Waals surface area contributed by atoms with E-state index in [1.165, 1.54) is 17.0 Å². The van der Waals surface area contributed by atoms with Crippen LogP contribution in [-0.4, -0.2) is 35.5 Å². The molecule has 126 valence electrons. The Balaban J connectivity index is 1.93. The molecule has 24 heavy (non-hydrogen) atoms. The molecule has 5 nitrogen and oxygen atoms in total. The molecule has 5 heteroatoms. The molecule has 0 aromatic heterocycles. The van der Waals surface area contributed by atoms with Gasteiger partial charge in [0.05, 0.1) is 0 Å². The van der Waals surface area contributed by atoms with E-state index in [0.29, 0.717) is 6.54 Å². The number of phenolic OH excluding ortho intramolecular Hbond substituents is 1. The number of likely N-dealkylation sites (N-methyl/N-ethyl adjacent to an activating group) is 1. The van der Waals surface area contributed by atoms with Crippen molar-refractivity contribution in [1.29, 1.82) is 0 Å². The maximum atomic E-state index is 12.1. The van der Waals surface area contributed by atoms with E-state index in [4.69, 9.17) is 4.74 Å². The number of carbonyl (C=O) groups is 2. The van der Waals surface area contributed by atoms with Gasteiger partial charge in [0.15, 0.2) is 6.61 Å². The summed E-state index contributed by atoms with van der Waals surface area (Å²) in [6.45, 7) is 3.86. The maximum absolute atomic E-state index is 12.1. The number of carbonyl (C=O) groups excluding carboxylic acids is 2. The fourth-order valence-corrected chi connectivity index (χ4v) is 2.26. The number of benzene rings is 2. The molecule has 0 saturated carbocycles. The number of hydrogen-bond acceptors (Lipinski definition) is 4. The van der Waals surface area contributed by atoms with E-state index in [2.05, 4.69) is 0 Å². The Morgan fingerprint density at radius 3 is 2.54 bits per heavy atom. The number of aryl methyl sites for hydroxylation is 2. The van der Waals surface area contributed by atoms with Crippen molar-refractivity contribution in [3.63, 3.8) is 0 Å². The Morgan fingerprint density at radius 1 is 1.12 bits per heavy atom. The highest BCUT2D eigenvalue weighted by Crippen LogP contribution is 2.19. The topological polar surface area (TPSA) is 66.8 Å². The standard InChI is InChI=1S/C19H21NO4/c1-13-8-9-17(21)16(10-13)19(23)24-12-18(22)20(3)11-15-7-5-4-6-14(15)2/h4-10,21H,11-12H2,1-3H3. The third kappa shape index (κ3) is 4.35. The molecule has 0 aliphatic heterocycles. The zero-order valence-electron chi connectivity index (χ0n) is 14.1. The second-order valence-electron chi connectivity index (χ2n) is 5.77. The fraction of sp³-hybridized carbons (Fsp3) is 0.263. The molecule has 0 unspecified atom stereocenters. The van der Waals surface area contributed by atoms with Crippen molar-refractivity contribution in [3.8, 4) is 5.75 Å². The van der Waals surface area contributed by atoms with Gasteiger partial charge in [-0.25, -0.2) is 4.79 Å². The molecule has 1 N–H and O–H groups in total.